The summed E-state index contributed by atoms with van der Waals surface area (Å²) < 4.78 is 1.59. The fourth-order valence-corrected chi connectivity index (χ4v) is 2.15. The Balaban J connectivity index is 2.21. The van der Waals surface area contributed by atoms with E-state index in [1.807, 2.05) is 6.92 Å². The molecule has 2 rings (SSSR count). The van der Waals surface area contributed by atoms with Crippen LogP contribution in [0.5, 0.6) is 0 Å². The van der Waals surface area contributed by atoms with Crippen molar-refractivity contribution in [2.24, 2.45) is 7.05 Å². The first-order chi connectivity index (χ1) is 8.49. The lowest BCUT2D eigenvalue weighted by atomic mass is 10.1. The second-order valence-electron chi connectivity index (χ2n) is 4.10. The molecule has 0 fully saturated rings. The zero-order chi connectivity index (χ0) is 13.3. The third kappa shape index (κ3) is 2.66. The molecule has 1 unspecified atom stereocenters. The van der Waals surface area contributed by atoms with Crippen LogP contribution < -0.4 is 0 Å². The predicted molar refractivity (Wildman–Crippen MR) is 70.9 cm³/mol. The fourth-order valence-electron chi connectivity index (χ4n) is 1.79. The molecule has 2 aromatic rings. The maximum Gasteiger partial charge on any atom is 0.130 e. The first-order valence-corrected chi connectivity index (χ1v) is 6.22. The summed E-state index contributed by atoms with van der Waals surface area (Å²) in [5.41, 5.74) is 2.22. The summed E-state index contributed by atoms with van der Waals surface area (Å²) in [7, 11) is 1.77. The summed E-state index contributed by atoms with van der Waals surface area (Å²) >= 11 is 11.9. The van der Waals surface area contributed by atoms with Crippen molar-refractivity contribution in [3.8, 4) is 0 Å². The SMILES string of the molecule is Cc1nn(C)c(Cl)c1CC(O)c1ccc(Cl)cn1. The van der Waals surface area contributed by atoms with E-state index < -0.39 is 6.10 Å². The highest BCUT2D eigenvalue weighted by Crippen LogP contribution is 2.25. The molecule has 0 aliphatic heterocycles. The number of aromatic nitrogens is 3. The van der Waals surface area contributed by atoms with Gasteiger partial charge in [0.15, 0.2) is 0 Å². The zero-order valence-corrected chi connectivity index (χ0v) is 11.6. The molecule has 0 saturated heterocycles. The molecule has 0 radical (unpaired) electrons. The molecule has 1 N–H and O–H groups in total. The van der Waals surface area contributed by atoms with E-state index in [9.17, 15) is 5.11 Å². The lowest BCUT2D eigenvalue weighted by Gasteiger charge is -2.09. The van der Waals surface area contributed by atoms with E-state index in [1.165, 1.54) is 6.20 Å². The summed E-state index contributed by atoms with van der Waals surface area (Å²) in [6, 6.07) is 3.40. The summed E-state index contributed by atoms with van der Waals surface area (Å²) in [5.74, 6) is 0. The van der Waals surface area contributed by atoms with Gasteiger partial charge < -0.3 is 5.11 Å². The van der Waals surface area contributed by atoms with Crippen molar-refractivity contribution >= 4 is 23.2 Å². The number of rotatable bonds is 3. The Morgan fingerprint density at radius 1 is 1.39 bits per heavy atom. The van der Waals surface area contributed by atoms with E-state index in [0.717, 1.165) is 11.3 Å². The second-order valence-corrected chi connectivity index (χ2v) is 4.89. The minimum Gasteiger partial charge on any atom is -0.386 e. The average Bonchev–Trinajstić information content (AvgIpc) is 2.57. The van der Waals surface area contributed by atoms with Crippen LogP contribution in [0.15, 0.2) is 18.3 Å². The van der Waals surface area contributed by atoms with Crippen molar-refractivity contribution in [1.82, 2.24) is 14.8 Å². The first kappa shape index (κ1) is 13.3. The number of pyridine rings is 1. The molecule has 2 heterocycles. The number of aliphatic hydroxyl groups excluding tert-OH is 1. The molecule has 4 nitrogen and oxygen atoms in total. The highest BCUT2D eigenvalue weighted by molar-refractivity contribution is 6.30. The van der Waals surface area contributed by atoms with Gasteiger partial charge in [-0.05, 0) is 19.1 Å². The van der Waals surface area contributed by atoms with E-state index in [-0.39, 0.29) is 0 Å². The highest BCUT2D eigenvalue weighted by atomic mass is 35.5. The van der Waals surface area contributed by atoms with Crippen molar-refractivity contribution in [3.63, 3.8) is 0 Å². The molecule has 18 heavy (non-hydrogen) atoms. The standard InChI is InChI=1S/C12H13Cl2N3O/c1-7-9(12(14)17(2)16-7)5-11(18)10-4-3-8(13)6-15-10/h3-4,6,11,18H,5H2,1-2H3. The minimum absolute atomic E-state index is 0.382. The average molecular weight is 286 g/mol. The van der Waals surface area contributed by atoms with E-state index in [1.54, 1.807) is 23.9 Å². The van der Waals surface area contributed by atoms with E-state index in [0.29, 0.717) is 22.3 Å². The van der Waals surface area contributed by atoms with Crippen molar-refractivity contribution in [1.29, 1.82) is 0 Å². The molecular formula is C12H13Cl2N3O. The maximum atomic E-state index is 10.1. The molecule has 96 valence electrons. The molecule has 1 atom stereocenters. The molecule has 0 aromatic carbocycles. The number of aryl methyl sites for hydroxylation is 2. The van der Waals surface area contributed by atoms with Gasteiger partial charge in [-0.15, -0.1) is 0 Å². The Hall–Kier alpha value is -1.10. The van der Waals surface area contributed by atoms with Gasteiger partial charge in [0.2, 0.25) is 0 Å². The van der Waals surface area contributed by atoms with Gasteiger partial charge in [0.25, 0.3) is 0 Å². The fraction of sp³-hybridized carbons (Fsp3) is 0.333. The van der Waals surface area contributed by atoms with Crippen LogP contribution in [-0.4, -0.2) is 19.9 Å². The molecule has 6 heteroatoms. The summed E-state index contributed by atoms with van der Waals surface area (Å²) in [4.78, 5) is 4.09. The third-order valence-corrected chi connectivity index (χ3v) is 3.46. The number of nitrogens with zero attached hydrogens (tertiary/aromatic N) is 3. The van der Waals surface area contributed by atoms with Crippen molar-refractivity contribution in [3.05, 3.63) is 45.5 Å². The van der Waals surface area contributed by atoms with Gasteiger partial charge in [-0.2, -0.15) is 5.10 Å². The van der Waals surface area contributed by atoms with Gasteiger partial charge in [-0.1, -0.05) is 23.2 Å². The van der Waals surface area contributed by atoms with Crippen LogP contribution in [-0.2, 0) is 13.5 Å². The maximum absolute atomic E-state index is 10.1. The molecule has 0 aliphatic carbocycles. The number of hydrogen-bond donors (Lipinski definition) is 1. The normalized spacial score (nSPS) is 12.7. The van der Waals surface area contributed by atoms with Gasteiger partial charge in [-0.25, -0.2) is 0 Å². The second kappa shape index (κ2) is 5.26. The highest BCUT2D eigenvalue weighted by Gasteiger charge is 2.17. The number of aliphatic hydroxyl groups is 1. The van der Waals surface area contributed by atoms with Crippen molar-refractivity contribution in [2.45, 2.75) is 19.4 Å². The van der Waals surface area contributed by atoms with Crippen LogP contribution >= 0.6 is 23.2 Å². The number of hydrogen-bond acceptors (Lipinski definition) is 3. The van der Waals surface area contributed by atoms with Crippen LogP contribution in [0.1, 0.15) is 23.1 Å². The molecular weight excluding hydrogens is 273 g/mol. The lowest BCUT2D eigenvalue weighted by molar-refractivity contribution is 0.173. The smallest absolute Gasteiger partial charge is 0.130 e. The molecule has 2 aromatic heterocycles. The molecule has 0 amide bonds. The molecule has 0 aliphatic rings. The van der Waals surface area contributed by atoms with E-state index >= 15 is 0 Å². The Morgan fingerprint density at radius 2 is 2.11 bits per heavy atom. The zero-order valence-electron chi connectivity index (χ0n) is 10.1. The number of halogens is 2. The minimum atomic E-state index is -0.720. The molecule has 0 saturated carbocycles. The Kier molecular flexibility index (Phi) is 3.90. The summed E-state index contributed by atoms with van der Waals surface area (Å²) in [6.45, 7) is 1.86. The van der Waals surface area contributed by atoms with Crippen LogP contribution in [0.3, 0.4) is 0 Å². The van der Waals surface area contributed by atoms with Crippen molar-refractivity contribution in [2.75, 3.05) is 0 Å². The van der Waals surface area contributed by atoms with Crippen LogP contribution in [0.25, 0.3) is 0 Å². The lowest BCUT2D eigenvalue weighted by Crippen LogP contribution is -2.04. The van der Waals surface area contributed by atoms with Crippen LogP contribution in [0.2, 0.25) is 10.2 Å². The monoisotopic (exact) mass is 285 g/mol. The summed E-state index contributed by atoms with van der Waals surface area (Å²) in [6.07, 6.45) is 1.17. The van der Waals surface area contributed by atoms with Gasteiger partial charge in [0, 0.05) is 25.2 Å². The Labute approximate surface area is 115 Å². The van der Waals surface area contributed by atoms with E-state index in [2.05, 4.69) is 10.1 Å². The van der Waals surface area contributed by atoms with Crippen LogP contribution in [0, 0.1) is 6.92 Å². The van der Waals surface area contributed by atoms with Crippen molar-refractivity contribution < 1.29 is 5.11 Å². The van der Waals surface area contributed by atoms with E-state index in [4.69, 9.17) is 23.2 Å². The predicted octanol–water partition coefficient (Wildman–Crippen LogP) is 2.71. The van der Waals surface area contributed by atoms with Crippen LogP contribution in [0.4, 0.5) is 0 Å². The van der Waals surface area contributed by atoms with Gasteiger partial charge in [0.05, 0.1) is 16.4 Å². The van der Waals surface area contributed by atoms with Gasteiger partial charge >= 0.3 is 0 Å². The Bertz CT molecular complexity index is 551. The third-order valence-electron chi connectivity index (χ3n) is 2.76. The summed E-state index contributed by atoms with van der Waals surface area (Å²) in [5, 5.41) is 15.4. The topological polar surface area (TPSA) is 50.9 Å². The largest absolute Gasteiger partial charge is 0.386 e. The molecule has 0 spiro atoms. The quantitative estimate of drug-likeness (QED) is 0.943. The van der Waals surface area contributed by atoms with Gasteiger partial charge in [-0.3, -0.25) is 9.67 Å². The first-order valence-electron chi connectivity index (χ1n) is 5.46. The Morgan fingerprint density at radius 3 is 2.61 bits per heavy atom. The molecule has 0 bridgehead atoms. The van der Waals surface area contributed by atoms with Gasteiger partial charge in [0.1, 0.15) is 11.3 Å².